The van der Waals surface area contributed by atoms with E-state index in [4.69, 9.17) is 9.72 Å². The molecule has 1 aromatic carbocycles. The molecule has 4 rings (SSSR count). The Balaban J connectivity index is 1.59. The van der Waals surface area contributed by atoms with E-state index < -0.39 is 0 Å². The van der Waals surface area contributed by atoms with E-state index in [1.807, 2.05) is 19.9 Å². The van der Waals surface area contributed by atoms with Crippen molar-refractivity contribution >= 4 is 17.8 Å². The van der Waals surface area contributed by atoms with Gasteiger partial charge in [-0.2, -0.15) is 0 Å². The number of benzene rings is 1. The van der Waals surface area contributed by atoms with Crippen LogP contribution < -0.4 is 15.0 Å². The summed E-state index contributed by atoms with van der Waals surface area (Å²) in [6.45, 7) is 6.59. The fourth-order valence-corrected chi connectivity index (χ4v) is 4.48. The van der Waals surface area contributed by atoms with E-state index in [0.29, 0.717) is 30.4 Å². The van der Waals surface area contributed by atoms with Crippen LogP contribution >= 0.6 is 0 Å². The second-order valence-corrected chi connectivity index (χ2v) is 8.79. The van der Waals surface area contributed by atoms with Crippen LogP contribution in [0, 0.1) is 5.92 Å². The Labute approximate surface area is 189 Å². The largest absolute Gasteiger partial charge is 0.497 e. The van der Waals surface area contributed by atoms with Crippen molar-refractivity contribution in [3.63, 3.8) is 0 Å². The molecule has 2 aliphatic heterocycles. The number of nitrogens with zero attached hydrogens (tertiary/aromatic N) is 4. The number of ether oxygens (including phenoxy) is 1. The SMILES string of the molecule is COc1ccc(C(=O)N2C[C@@H](C(=O)NC(C)C)[C@H](c3ccnc(N4CCCC4)n3)C2)cc1. The molecular formula is C24H31N5O3. The van der Waals surface area contributed by atoms with Crippen LogP contribution in [0.15, 0.2) is 36.5 Å². The second kappa shape index (κ2) is 9.54. The number of nitrogens with one attached hydrogen (secondary N) is 1. The number of aromatic nitrogens is 2. The highest BCUT2D eigenvalue weighted by atomic mass is 16.5. The lowest BCUT2D eigenvalue weighted by Crippen LogP contribution is -2.39. The van der Waals surface area contributed by atoms with Crippen LogP contribution in [0.25, 0.3) is 0 Å². The first-order valence-electron chi connectivity index (χ1n) is 11.3. The minimum absolute atomic E-state index is 0.0278. The van der Waals surface area contributed by atoms with Gasteiger partial charge in [0.25, 0.3) is 5.91 Å². The van der Waals surface area contributed by atoms with E-state index in [0.717, 1.165) is 31.6 Å². The Morgan fingerprint density at radius 3 is 2.47 bits per heavy atom. The second-order valence-electron chi connectivity index (χ2n) is 8.79. The molecule has 2 fully saturated rings. The molecule has 1 aromatic heterocycles. The standard InChI is InChI=1S/C24H31N5O3/c1-16(2)26-22(30)20-15-29(23(31)17-6-8-18(32-3)9-7-17)14-19(20)21-10-11-25-24(27-21)28-12-4-5-13-28/h6-11,16,19-20H,4-5,12-15H2,1-3H3,(H,26,30)/t19-,20-/m1/s1. The molecule has 0 unspecified atom stereocenters. The lowest BCUT2D eigenvalue weighted by Gasteiger charge is -2.21. The van der Waals surface area contributed by atoms with E-state index in [1.165, 1.54) is 0 Å². The van der Waals surface area contributed by atoms with E-state index in [-0.39, 0.29) is 29.7 Å². The molecule has 2 aliphatic rings. The number of hydrogen-bond acceptors (Lipinski definition) is 6. The van der Waals surface area contributed by atoms with Crippen LogP contribution in [0.2, 0.25) is 0 Å². The maximum Gasteiger partial charge on any atom is 0.253 e. The molecule has 0 bridgehead atoms. The molecule has 170 valence electrons. The van der Waals surface area contributed by atoms with Gasteiger partial charge in [-0.1, -0.05) is 0 Å². The molecule has 2 saturated heterocycles. The van der Waals surface area contributed by atoms with Crippen LogP contribution in [-0.4, -0.2) is 66.0 Å². The van der Waals surface area contributed by atoms with Crippen LogP contribution in [0.5, 0.6) is 5.75 Å². The number of anilines is 1. The first-order chi connectivity index (χ1) is 15.5. The van der Waals surface area contributed by atoms with Gasteiger partial charge in [0.05, 0.1) is 18.7 Å². The number of rotatable bonds is 6. The summed E-state index contributed by atoms with van der Waals surface area (Å²) in [5.41, 5.74) is 1.39. The zero-order valence-corrected chi connectivity index (χ0v) is 19.0. The summed E-state index contributed by atoms with van der Waals surface area (Å²) < 4.78 is 5.19. The molecular weight excluding hydrogens is 406 g/mol. The highest BCUT2D eigenvalue weighted by Crippen LogP contribution is 2.34. The molecule has 0 saturated carbocycles. The Morgan fingerprint density at radius 2 is 1.81 bits per heavy atom. The van der Waals surface area contributed by atoms with Gasteiger partial charge >= 0.3 is 0 Å². The molecule has 0 aliphatic carbocycles. The van der Waals surface area contributed by atoms with Crippen molar-refractivity contribution in [2.75, 3.05) is 38.2 Å². The average Bonchev–Trinajstić information content (AvgIpc) is 3.49. The summed E-state index contributed by atoms with van der Waals surface area (Å²) in [5.74, 6) is 0.734. The Kier molecular flexibility index (Phi) is 6.58. The molecule has 0 spiro atoms. The molecule has 1 N–H and O–H groups in total. The van der Waals surface area contributed by atoms with Gasteiger partial charge in [0.1, 0.15) is 5.75 Å². The zero-order chi connectivity index (χ0) is 22.7. The van der Waals surface area contributed by atoms with Gasteiger partial charge in [0, 0.05) is 49.9 Å². The van der Waals surface area contributed by atoms with Gasteiger partial charge in [0.2, 0.25) is 11.9 Å². The van der Waals surface area contributed by atoms with Crippen molar-refractivity contribution in [1.29, 1.82) is 0 Å². The van der Waals surface area contributed by atoms with Gasteiger partial charge in [-0.05, 0) is 57.0 Å². The summed E-state index contributed by atoms with van der Waals surface area (Å²) in [5, 5.41) is 3.02. The molecule has 3 heterocycles. The normalized spacial score (nSPS) is 20.6. The number of amides is 2. The molecule has 8 heteroatoms. The number of hydrogen-bond donors (Lipinski definition) is 1. The maximum atomic E-state index is 13.2. The fraction of sp³-hybridized carbons (Fsp3) is 0.500. The first-order valence-corrected chi connectivity index (χ1v) is 11.3. The highest BCUT2D eigenvalue weighted by Gasteiger charge is 2.41. The van der Waals surface area contributed by atoms with Crippen molar-refractivity contribution < 1.29 is 14.3 Å². The first kappa shape index (κ1) is 22.0. The van der Waals surface area contributed by atoms with Crippen molar-refractivity contribution in [2.24, 2.45) is 5.92 Å². The predicted molar refractivity (Wildman–Crippen MR) is 122 cm³/mol. The predicted octanol–water partition coefficient (Wildman–Crippen LogP) is 2.47. The van der Waals surface area contributed by atoms with E-state index in [2.05, 4.69) is 15.2 Å². The molecule has 8 nitrogen and oxygen atoms in total. The summed E-state index contributed by atoms with van der Waals surface area (Å²) in [6.07, 6.45) is 4.04. The van der Waals surface area contributed by atoms with Crippen molar-refractivity contribution in [2.45, 2.75) is 38.6 Å². The Hall–Kier alpha value is -3.16. The molecule has 32 heavy (non-hydrogen) atoms. The van der Waals surface area contributed by atoms with Crippen LogP contribution in [-0.2, 0) is 4.79 Å². The van der Waals surface area contributed by atoms with Gasteiger partial charge in [0.15, 0.2) is 0 Å². The minimum Gasteiger partial charge on any atom is -0.497 e. The van der Waals surface area contributed by atoms with E-state index in [1.54, 1.807) is 42.5 Å². The van der Waals surface area contributed by atoms with Crippen molar-refractivity contribution in [3.05, 3.63) is 47.8 Å². The van der Waals surface area contributed by atoms with E-state index >= 15 is 0 Å². The number of carbonyl (C=O) groups excluding carboxylic acids is 2. The van der Waals surface area contributed by atoms with Crippen LogP contribution in [0.1, 0.15) is 48.7 Å². The molecule has 0 radical (unpaired) electrons. The highest BCUT2D eigenvalue weighted by molar-refractivity contribution is 5.95. The van der Waals surface area contributed by atoms with E-state index in [9.17, 15) is 9.59 Å². The van der Waals surface area contributed by atoms with Crippen LogP contribution in [0.3, 0.4) is 0 Å². The van der Waals surface area contributed by atoms with Crippen molar-refractivity contribution in [1.82, 2.24) is 20.2 Å². The van der Waals surface area contributed by atoms with Gasteiger partial charge in [-0.3, -0.25) is 9.59 Å². The lowest BCUT2D eigenvalue weighted by molar-refractivity contribution is -0.125. The molecule has 2 amide bonds. The summed E-state index contributed by atoms with van der Waals surface area (Å²) in [6, 6.07) is 8.97. The summed E-state index contributed by atoms with van der Waals surface area (Å²) >= 11 is 0. The third-order valence-corrected chi connectivity index (χ3v) is 6.14. The average molecular weight is 438 g/mol. The quantitative estimate of drug-likeness (QED) is 0.747. The van der Waals surface area contributed by atoms with Crippen LogP contribution in [0.4, 0.5) is 5.95 Å². The molecule has 2 aromatic rings. The Bertz CT molecular complexity index is 956. The monoisotopic (exact) mass is 437 g/mol. The summed E-state index contributed by atoms with van der Waals surface area (Å²) in [7, 11) is 1.60. The number of likely N-dealkylation sites (tertiary alicyclic amines) is 1. The van der Waals surface area contributed by atoms with Gasteiger partial charge in [-0.15, -0.1) is 0 Å². The number of carbonyl (C=O) groups is 2. The van der Waals surface area contributed by atoms with Gasteiger partial charge in [-0.25, -0.2) is 9.97 Å². The lowest BCUT2D eigenvalue weighted by atomic mass is 9.91. The third kappa shape index (κ3) is 4.69. The number of methoxy groups -OCH3 is 1. The molecule has 2 atom stereocenters. The third-order valence-electron chi connectivity index (χ3n) is 6.14. The summed E-state index contributed by atoms with van der Waals surface area (Å²) in [4.78, 5) is 39.5. The van der Waals surface area contributed by atoms with Crippen molar-refractivity contribution in [3.8, 4) is 5.75 Å². The smallest absolute Gasteiger partial charge is 0.253 e. The Morgan fingerprint density at radius 1 is 1.09 bits per heavy atom. The van der Waals surface area contributed by atoms with Gasteiger partial charge < -0.3 is 19.9 Å². The topological polar surface area (TPSA) is 87.7 Å². The fourth-order valence-electron chi connectivity index (χ4n) is 4.48. The maximum absolute atomic E-state index is 13.2. The minimum atomic E-state index is -0.360. The zero-order valence-electron chi connectivity index (χ0n) is 19.0.